The molecule has 0 aliphatic heterocycles. The summed E-state index contributed by atoms with van der Waals surface area (Å²) < 4.78 is 1.66. The maximum atomic E-state index is 12.1. The standard InChI is InChI=1S/C13H24N4O/c1-9(2)7-11(8-14)16-12-13(18)17(10(3)4)6-5-15-12/h5-6,9-11H,7-8,14H2,1-4H3,(H,15,16). The molecule has 102 valence electrons. The molecule has 5 heteroatoms. The van der Waals surface area contributed by atoms with Crippen LogP contribution in [0.1, 0.15) is 40.2 Å². The number of nitrogens with one attached hydrogen (secondary N) is 1. The van der Waals surface area contributed by atoms with E-state index >= 15 is 0 Å². The number of rotatable bonds is 6. The fraction of sp³-hybridized carbons (Fsp3) is 0.692. The highest BCUT2D eigenvalue weighted by molar-refractivity contribution is 5.32. The average Bonchev–Trinajstić information content (AvgIpc) is 2.29. The van der Waals surface area contributed by atoms with Gasteiger partial charge in [0.05, 0.1) is 0 Å². The van der Waals surface area contributed by atoms with Gasteiger partial charge < -0.3 is 15.6 Å². The fourth-order valence-electron chi connectivity index (χ4n) is 1.91. The van der Waals surface area contributed by atoms with E-state index in [-0.39, 0.29) is 17.6 Å². The van der Waals surface area contributed by atoms with Crippen LogP contribution in [0, 0.1) is 5.92 Å². The van der Waals surface area contributed by atoms with E-state index < -0.39 is 0 Å². The van der Waals surface area contributed by atoms with E-state index in [9.17, 15) is 4.79 Å². The molecule has 1 atom stereocenters. The number of anilines is 1. The van der Waals surface area contributed by atoms with Crippen LogP contribution in [-0.2, 0) is 0 Å². The number of hydrogen-bond donors (Lipinski definition) is 2. The Morgan fingerprint density at radius 2 is 2.06 bits per heavy atom. The van der Waals surface area contributed by atoms with Gasteiger partial charge in [-0.05, 0) is 26.2 Å². The van der Waals surface area contributed by atoms with Crippen LogP contribution in [-0.4, -0.2) is 22.1 Å². The van der Waals surface area contributed by atoms with Gasteiger partial charge in [-0.1, -0.05) is 13.8 Å². The Balaban J connectivity index is 2.90. The van der Waals surface area contributed by atoms with Crippen LogP contribution in [0.4, 0.5) is 5.82 Å². The van der Waals surface area contributed by atoms with Crippen molar-refractivity contribution in [3.63, 3.8) is 0 Å². The van der Waals surface area contributed by atoms with E-state index in [0.29, 0.717) is 18.3 Å². The van der Waals surface area contributed by atoms with Crippen molar-refractivity contribution in [2.24, 2.45) is 11.7 Å². The van der Waals surface area contributed by atoms with E-state index in [1.165, 1.54) is 0 Å². The predicted molar refractivity (Wildman–Crippen MR) is 74.8 cm³/mol. The van der Waals surface area contributed by atoms with Crippen molar-refractivity contribution in [3.05, 3.63) is 22.7 Å². The molecule has 0 saturated carbocycles. The Labute approximate surface area is 108 Å². The molecule has 0 aliphatic carbocycles. The molecule has 3 N–H and O–H groups in total. The second-order valence-corrected chi connectivity index (χ2v) is 5.29. The largest absolute Gasteiger partial charge is 0.361 e. The lowest BCUT2D eigenvalue weighted by Gasteiger charge is -2.20. The van der Waals surface area contributed by atoms with Crippen molar-refractivity contribution in [2.75, 3.05) is 11.9 Å². The van der Waals surface area contributed by atoms with Gasteiger partial charge in [-0.15, -0.1) is 0 Å². The molecular weight excluding hydrogens is 228 g/mol. The number of hydrogen-bond acceptors (Lipinski definition) is 4. The highest BCUT2D eigenvalue weighted by Gasteiger charge is 2.13. The Morgan fingerprint density at radius 3 is 2.56 bits per heavy atom. The molecule has 0 bridgehead atoms. The molecule has 0 saturated heterocycles. The van der Waals surface area contributed by atoms with E-state index in [0.717, 1.165) is 6.42 Å². The van der Waals surface area contributed by atoms with E-state index in [1.54, 1.807) is 17.0 Å². The maximum Gasteiger partial charge on any atom is 0.293 e. The normalized spacial score (nSPS) is 13.1. The van der Waals surface area contributed by atoms with Gasteiger partial charge in [-0.2, -0.15) is 0 Å². The molecule has 0 aromatic carbocycles. The number of aromatic nitrogens is 2. The summed E-state index contributed by atoms with van der Waals surface area (Å²) in [5.74, 6) is 0.921. The van der Waals surface area contributed by atoms with Crippen molar-refractivity contribution in [2.45, 2.75) is 46.2 Å². The molecule has 1 unspecified atom stereocenters. The molecule has 18 heavy (non-hydrogen) atoms. The predicted octanol–water partition coefficient (Wildman–Crippen LogP) is 1.61. The van der Waals surface area contributed by atoms with Gasteiger partial charge in [0.2, 0.25) is 0 Å². The summed E-state index contributed by atoms with van der Waals surface area (Å²) in [6.45, 7) is 8.71. The third-order valence-corrected chi connectivity index (χ3v) is 2.81. The quantitative estimate of drug-likeness (QED) is 0.806. The van der Waals surface area contributed by atoms with Crippen LogP contribution < -0.4 is 16.6 Å². The molecule has 1 aromatic heterocycles. The lowest BCUT2D eigenvalue weighted by Crippen LogP contribution is -2.35. The Hall–Kier alpha value is -1.36. The van der Waals surface area contributed by atoms with Crippen LogP contribution in [0.5, 0.6) is 0 Å². The Morgan fingerprint density at radius 1 is 1.39 bits per heavy atom. The summed E-state index contributed by atoms with van der Waals surface area (Å²) in [7, 11) is 0. The zero-order valence-electron chi connectivity index (χ0n) is 11.7. The first-order valence-corrected chi connectivity index (χ1v) is 6.49. The average molecular weight is 252 g/mol. The molecule has 0 radical (unpaired) electrons. The minimum absolute atomic E-state index is 0.0882. The summed E-state index contributed by atoms with van der Waals surface area (Å²) >= 11 is 0. The molecule has 0 fully saturated rings. The third-order valence-electron chi connectivity index (χ3n) is 2.81. The molecule has 1 heterocycles. The monoisotopic (exact) mass is 252 g/mol. The zero-order chi connectivity index (χ0) is 13.7. The van der Waals surface area contributed by atoms with Gasteiger partial charge >= 0.3 is 0 Å². The first-order valence-electron chi connectivity index (χ1n) is 6.49. The van der Waals surface area contributed by atoms with Gasteiger partial charge in [0, 0.05) is 31.0 Å². The number of nitrogens with zero attached hydrogens (tertiary/aromatic N) is 2. The lowest BCUT2D eigenvalue weighted by molar-refractivity contribution is 0.517. The van der Waals surface area contributed by atoms with E-state index in [1.807, 2.05) is 13.8 Å². The first kappa shape index (κ1) is 14.7. The minimum Gasteiger partial charge on any atom is -0.361 e. The van der Waals surface area contributed by atoms with E-state index in [2.05, 4.69) is 24.1 Å². The maximum absolute atomic E-state index is 12.1. The van der Waals surface area contributed by atoms with Gasteiger partial charge in [0.25, 0.3) is 5.56 Å². The van der Waals surface area contributed by atoms with Crippen LogP contribution in [0.3, 0.4) is 0 Å². The van der Waals surface area contributed by atoms with Crippen LogP contribution in [0.2, 0.25) is 0 Å². The molecule has 1 rings (SSSR count). The minimum atomic E-state index is -0.0882. The van der Waals surface area contributed by atoms with Crippen LogP contribution in [0.25, 0.3) is 0 Å². The Bertz CT molecular complexity index is 425. The summed E-state index contributed by atoms with van der Waals surface area (Å²) in [5, 5.41) is 3.15. The molecule has 0 aliphatic rings. The summed E-state index contributed by atoms with van der Waals surface area (Å²) in [6.07, 6.45) is 4.28. The highest BCUT2D eigenvalue weighted by Crippen LogP contribution is 2.08. The molecular formula is C13H24N4O. The first-order chi connectivity index (χ1) is 8.45. The van der Waals surface area contributed by atoms with Crippen LogP contribution in [0.15, 0.2) is 17.2 Å². The summed E-state index contributed by atoms with van der Waals surface area (Å²) in [4.78, 5) is 16.3. The van der Waals surface area contributed by atoms with Crippen molar-refractivity contribution < 1.29 is 0 Å². The topological polar surface area (TPSA) is 72.9 Å². The summed E-state index contributed by atoms with van der Waals surface area (Å²) in [6, 6.07) is 0.218. The third kappa shape index (κ3) is 3.84. The smallest absolute Gasteiger partial charge is 0.293 e. The second kappa shape index (κ2) is 6.54. The Kier molecular flexibility index (Phi) is 5.34. The lowest BCUT2D eigenvalue weighted by atomic mass is 10.0. The van der Waals surface area contributed by atoms with Crippen molar-refractivity contribution in [1.82, 2.24) is 9.55 Å². The SMILES string of the molecule is CC(C)CC(CN)Nc1nccn(C(C)C)c1=O. The van der Waals surface area contributed by atoms with Crippen molar-refractivity contribution in [3.8, 4) is 0 Å². The van der Waals surface area contributed by atoms with Crippen molar-refractivity contribution in [1.29, 1.82) is 0 Å². The van der Waals surface area contributed by atoms with Crippen LogP contribution >= 0.6 is 0 Å². The second-order valence-electron chi connectivity index (χ2n) is 5.29. The molecule has 1 aromatic rings. The zero-order valence-corrected chi connectivity index (χ0v) is 11.7. The van der Waals surface area contributed by atoms with Gasteiger partial charge in [0.1, 0.15) is 0 Å². The van der Waals surface area contributed by atoms with Crippen molar-refractivity contribution >= 4 is 5.82 Å². The summed E-state index contributed by atoms with van der Waals surface area (Å²) in [5.41, 5.74) is 5.63. The fourth-order valence-corrected chi connectivity index (χ4v) is 1.91. The number of nitrogens with two attached hydrogens (primary N) is 1. The van der Waals surface area contributed by atoms with Gasteiger partial charge in [-0.3, -0.25) is 4.79 Å². The van der Waals surface area contributed by atoms with Gasteiger partial charge in [0.15, 0.2) is 5.82 Å². The highest BCUT2D eigenvalue weighted by atomic mass is 16.1. The van der Waals surface area contributed by atoms with Gasteiger partial charge in [-0.25, -0.2) is 4.98 Å². The molecule has 0 spiro atoms. The molecule has 0 amide bonds. The molecule has 5 nitrogen and oxygen atoms in total. The van der Waals surface area contributed by atoms with E-state index in [4.69, 9.17) is 5.73 Å².